The smallest absolute Gasteiger partial charge is 0.230 e. The highest BCUT2D eigenvalue weighted by Gasteiger charge is 2.18. The van der Waals surface area contributed by atoms with Crippen molar-refractivity contribution in [2.45, 2.75) is 32.6 Å². The van der Waals surface area contributed by atoms with E-state index in [1.807, 2.05) is 11.8 Å². The van der Waals surface area contributed by atoms with Gasteiger partial charge < -0.3 is 28.8 Å². The predicted molar refractivity (Wildman–Crippen MR) is 141 cm³/mol. The zero-order valence-corrected chi connectivity index (χ0v) is 21.6. The summed E-state index contributed by atoms with van der Waals surface area (Å²) in [6.45, 7) is 4.92. The summed E-state index contributed by atoms with van der Waals surface area (Å²) in [6, 6.07) is 8.46. The largest absolute Gasteiger partial charge is 0.493 e. The molecular weight excluding hydrogens is 491 g/mol. The number of methoxy groups -OCH3 is 1. The fourth-order valence-corrected chi connectivity index (χ4v) is 4.60. The average molecular weight is 523 g/mol. The number of hydrogen-bond donors (Lipinski definition) is 1. The summed E-state index contributed by atoms with van der Waals surface area (Å²) < 4.78 is 38.0. The van der Waals surface area contributed by atoms with Gasteiger partial charge in [0.1, 0.15) is 6.33 Å². The molecule has 1 fully saturated rings. The summed E-state index contributed by atoms with van der Waals surface area (Å²) in [6.07, 6.45) is 4.31. The van der Waals surface area contributed by atoms with E-state index < -0.39 is 5.82 Å². The van der Waals surface area contributed by atoms with Crippen molar-refractivity contribution in [1.29, 1.82) is 0 Å². The topological polar surface area (TPSA) is 98.8 Å². The molecule has 2 aromatic carbocycles. The van der Waals surface area contributed by atoms with Crippen LogP contribution in [0.25, 0.3) is 21.8 Å². The number of carbonyl (C=O) groups is 1. The van der Waals surface area contributed by atoms with E-state index in [0.717, 1.165) is 38.1 Å². The number of nitrogens with zero attached hydrogens (tertiary/aromatic N) is 3. The number of carbonyl (C=O) groups excluding carboxylic acids is 1. The number of aromatic nitrogens is 3. The molecule has 9 nitrogen and oxygen atoms in total. The first kappa shape index (κ1) is 25.7. The summed E-state index contributed by atoms with van der Waals surface area (Å²) in [5.74, 6) is 0.713. The Morgan fingerprint density at radius 1 is 1.05 bits per heavy atom. The number of nitrogens with one attached hydrogen (secondary N) is 1. The summed E-state index contributed by atoms with van der Waals surface area (Å²) in [4.78, 5) is 26.3. The van der Waals surface area contributed by atoms with E-state index in [-0.39, 0.29) is 30.6 Å². The first-order valence-corrected chi connectivity index (χ1v) is 12.8. The third kappa shape index (κ3) is 5.65. The van der Waals surface area contributed by atoms with E-state index >= 15 is 4.39 Å². The second kappa shape index (κ2) is 11.6. The minimum Gasteiger partial charge on any atom is -0.493 e. The lowest BCUT2D eigenvalue weighted by Crippen LogP contribution is -2.34. The molecule has 4 aromatic rings. The molecule has 1 aliphatic heterocycles. The highest BCUT2D eigenvalue weighted by Crippen LogP contribution is 2.37. The molecule has 5 rings (SSSR count). The van der Waals surface area contributed by atoms with Gasteiger partial charge in [-0.15, -0.1) is 0 Å². The van der Waals surface area contributed by atoms with Crippen LogP contribution in [0.5, 0.6) is 23.1 Å². The van der Waals surface area contributed by atoms with Crippen molar-refractivity contribution in [2.75, 3.05) is 40.0 Å². The quantitative estimate of drug-likeness (QED) is 0.358. The van der Waals surface area contributed by atoms with E-state index in [9.17, 15) is 4.79 Å². The number of hydrogen-bond acceptors (Lipinski definition) is 7. The van der Waals surface area contributed by atoms with Crippen molar-refractivity contribution in [1.82, 2.24) is 19.9 Å². The summed E-state index contributed by atoms with van der Waals surface area (Å²) in [7, 11) is 1.52. The molecule has 200 valence electrons. The zero-order valence-electron chi connectivity index (χ0n) is 21.6. The zero-order chi connectivity index (χ0) is 26.5. The first-order valence-electron chi connectivity index (χ1n) is 12.8. The molecule has 0 saturated carbocycles. The van der Waals surface area contributed by atoms with E-state index in [0.29, 0.717) is 46.5 Å². The third-order valence-corrected chi connectivity index (χ3v) is 6.54. The van der Waals surface area contributed by atoms with Crippen molar-refractivity contribution in [3.8, 4) is 23.1 Å². The molecule has 3 heterocycles. The molecular formula is C28H31FN4O5. The Kier molecular flexibility index (Phi) is 7.88. The van der Waals surface area contributed by atoms with Crippen LogP contribution in [0.15, 0.2) is 36.7 Å². The van der Waals surface area contributed by atoms with E-state index in [1.54, 1.807) is 30.3 Å². The number of amides is 1. The van der Waals surface area contributed by atoms with E-state index in [4.69, 9.17) is 18.9 Å². The second-order valence-electron chi connectivity index (χ2n) is 9.24. The van der Waals surface area contributed by atoms with E-state index in [2.05, 4.69) is 15.0 Å². The number of aromatic amines is 1. The van der Waals surface area contributed by atoms with Crippen LogP contribution in [0.4, 0.5) is 4.39 Å². The monoisotopic (exact) mass is 522 g/mol. The Hall–Kier alpha value is -3.92. The maximum absolute atomic E-state index is 15.1. The Bertz CT molecular complexity index is 1430. The number of ether oxygens (including phenoxy) is 4. The van der Waals surface area contributed by atoms with Gasteiger partial charge in [0, 0.05) is 49.0 Å². The molecule has 1 amide bonds. The minimum absolute atomic E-state index is 0.0563. The Morgan fingerprint density at radius 3 is 2.76 bits per heavy atom. The van der Waals surface area contributed by atoms with Crippen molar-refractivity contribution in [3.05, 3.63) is 48.2 Å². The van der Waals surface area contributed by atoms with Crippen molar-refractivity contribution in [2.24, 2.45) is 0 Å². The lowest BCUT2D eigenvalue weighted by molar-refractivity contribution is -0.131. The lowest BCUT2D eigenvalue weighted by atomic mass is 10.2. The predicted octanol–water partition coefficient (Wildman–Crippen LogP) is 5.16. The van der Waals surface area contributed by atoms with Gasteiger partial charge in [-0.2, -0.15) is 0 Å². The third-order valence-electron chi connectivity index (χ3n) is 6.54. The highest BCUT2D eigenvalue weighted by molar-refractivity contribution is 5.87. The molecule has 0 atom stereocenters. The molecule has 10 heteroatoms. The van der Waals surface area contributed by atoms with Crippen LogP contribution in [0.1, 0.15) is 31.4 Å². The van der Waals surface area contributed by atoms with Crippen LogP contribution in [0, 0.1) is 12.7 Å². The molecule has 1 aliphatic rings. The van der Waals surface area contributed by atoms with Gasteiger partial charge in [0.05, 0.1) is 31.0 Å². The van der Waals surface area contributed by atoms with Gasteiger partial charge in [0.25, 0.3) is 0 Å². The Balaban J connectivity index is 1.31. The molecule has 0 unspecified atom stereocenters. The fourth-order valence-electron chi connectivity index (χ4n) is 4.60. The van der Waals surface area contributed by atoms with Crippen molar-refractivity contribution >= 4 is 27.7 Å². The first-order chi connectivity index (χ1) is 18.5. The maximum Gasteiger partial charge on any atom is 0.230 e. The SMILES string of the molecule is COc1cc2c(Oc3ccc4[nH]c(C)cc4c3F)ncnc2cc1OCCC(=O)N1CCCCOCCC1. The average Bonchev–Trinajstić information content (AvgIpc) is 3.36. The molecule has 0 spiro atoms. The van der Waals surface area contributed by atoms with Gasteiger partial charge in [-0.3, -0.25) is 4.79 Å². The highest BCUT2D eigenvalue weighted by atomic mass is 19.1. The molecule has 2 aromatic heterocycles. The van der Waals surface area contributed by atoms with Gasteiger partial charge in [-0.25, -0.2) is 14.4 Å². The van der Waals surface area contributed by atoms with Gasteiger partial charge in [-0.05, 0) is 50.5 Å². The van der Waals surface area contributed by atoms with Gasteiger partial charge in [0.2, 0.25) is 11.8 Å². The number of H-pyrrole nitrogens is 1. The van der Waals surface area contributed by atoms with Gasteiger partial charge >= 0.3 is 0 Å². The molecule has 0 bridgehead atoms. The number of rotatable bonds is 7. The number of benzene rings is 2. The van der Waals surface area contributed by atoms with Crippen molar-refractivity contribution in [3.63, 3.8) is 0 Å². The van der Waals surface area contributed by atoms with Crippen molar-refractivity contribution < 1.29 is 28.1 Å². The Morgan fingerprint density at radius 2 is 1.89 bits per heavy atom. The van der Waals surface area contributed by atoms with Crippen LogP contribution in [-0.4, -0.2) is 65.8 Å². The van der Waals surface area contributed by atoms with Gasteiger partial charge in [0.15, 0.2) is 23.1 Å². The standard InChI is InChI=1S/C28H31FN4O5/c1-18-14-19-21(32-18)6-7-23(27(19)29)38-28-20-15-24(35-2)25(16-22(20)30-17-31-28)37-13-8-26(34)33-9-3-4-11-36-12-5-10-33/h6-7,14-17,32H,3-5,8-13H2,1-2H3. The van der Waals surface area contributed by atoms with Crippen LogP contribution in [0.2, 0.25) is 0 Å². The fraction of sp³-hybridized carbons (Fsp3) is 0.393. The van der Waals surface area contributed by atoms with Crippen LogP contribution in [-0.2, 0) is 9.53 Å². The van der Waals surface area contributed by atoms with Crippen LogP contribution >= 0.6 is 0 Å². The van der Waals surface area contributed by atoms with Gasteiger partial charge in [-0.1, -0.05) is 0 Å². The summed E-state index contributed by atoms with van der Waals surface area (Å²) >= 11 is 0. The van der Waals surface area contributed by atoms with Crippen LogP contribution < -0.4 is 14.2 Å². The second-order valence-corrected chi connectivity index (χ2v) is 9.24. The molecule has 0 radical (unpaired) electrons. The summed E-state index contributed by atoms with van der Waals surface area (Å²) in [5, 5.41) is 0.984. The number of halogens is 1. The number of fused-ring (bicyclic) bond motifs is 2. The molecule has 1 saturated heterocycles. The Labute approximate surface area is 219 Å². The number of aryl methyl sites for hydroxylation is 1. The minimum atomic E-state index is -0.474. The maximum atomic E-state index is 15.1. The molecule has 0 aliphatic carbocycles. The molecule has 1 N–H and O–H groups in total. The van der Waals surface area contributed by atoms with Crippen LogP contribution in [0.3, 0.4) is 0 Å². The summed E-state index contributed by atoms with van der Waals surface area (Å²) in [5.41, 5.74) is 2.09. The molecule has 38 heavy (non-hydrogen) atoms. The lowest BCUT2D eigenvalue weighted by Gasteiger charge is -2.22. The van der Waals surface area contributed by atoms with E-state index in [1.165, 1.54) is 13.4 Å². The normalized spacial score (nSPS) is 14.7.